The molecule has 2 rings (SSSR count). The van der Waals surface area contributed by atoms with E-state index in [2.05, 4.69) is 0 Å². The first-order valence-corrected chi connectivity index (χ1v) is 8.67. The van der Waals surface area contributed by atoms with Crippen LogP contribution >= 0.6 is 0 Å². The van der Waals surface area contributed by atoms with E-state index in [0.717, 1.165) is 16.4 Å². The number of halogens is 2. The Labute approximate surface area is 133 Å². The number of ether oxygens (including phenoxy) is 1. The number of nitrogens with zero attached hydrogens (tertiary/aromatic N) is 2. The van der Waals surface area contributed by atoms with Gasteiger partial charge < -0.3 is 9.64 Å². The van der Waals surface area contributed by atoms with E-state index in [9.17, 15) is 22.0 Å². The van der Waals surface area contributed by atoms with Crippen molar-refractivity contribution in [1.82, 2.24) is 9.21 Å². The Bertz CT molecular complexity index is 681. The van der Waals surface area contributed by atoms with E-state index in [-0.39, 0.29) is 26.2 Å². The second-order valence-electron chi connectivity index (χ2n) is 5.02. The highest BCUT2D eigenvalue weighted by molar-refractivity contribution is 7.89. The molecule has 1 aromatic rings. The molecule has 0 aromatic heterocycles. The summed E-state index contributed by atoms with van der Waals surface area (Å²) in [6, 6.07) is 2.31. The number of sulfonamides is 1. The Balaban J connectivity index is 2.18. The molecule has 128 valence electrons. The monoisotopic (exact) mass is 348 g/mol. The lowest BCUT2D eigenvalue weighted by molar-refractivity contribution is 0.109. The number of benzene rings is 1. The van der Waals surface area contributed by atoms with Crippen molar-refractivity contribution < 1.29 is 26.7 Å². The SMILES string of the molecule is CCOC(=O)N1CCCN(S(=O)(=O)c2cc(F)ccc2F)CC1. The van der Waals surface area contributed by atoms with Crippen LogP contribution in [0.4, 0.5) is 13.6 Å². The van der Waals surface area contributed by atoms with Crippen molar-refractivity contribution in [2.24, 2.45) is 0 Å². The predicted molar refractivity (Wildman–Crippen MR) is 78.3 cm³/mol. The Hall–Kier alpha value is -1.74. The normalized spacial score (nSPS) is 16.9. The van der Waals surface area contributed by atoms with E-state index in [1.165, 1.54) is 4.90 Å². The van der Waals surface area contributed by atoms with Crippen LogP contribution in [0.2, 0.25) is 0 Å². The summed E-state index contributed by atoms with van der Waals surface area (Å²) in [4.78, 5) is 12.4. The summed E-state index contributed by atoms with van der Waals surface area (Å²) in [7, 11) is -4.16. The topological polar surface area (TPSA) is 66.9 Å². The highest BCUT2D eigenvalue weighted by atomic mass is 32.2. The first-order valence-electron chi connectivity index (χ1n) is 7.23. The van der Waals surface area contributed by atoms with E-state index in [1.54, 1.807) is 6.92 Å². The maximum absolute atomic E-state index is 13.8. The van der Waals surface area contributed by atoms with Crippen LogP contribution in [0.5, 0.6) is 0 Å². The van der Waals surface area contributed by atoms with Crippen molar-refractivity contribution in [1.29, 1.82) is 0 Å². The molecule has 1 aliphatic rings. The highest BCUT2D eigenvalue weighted by Crippen LogP contribution is 2.21. The summed E-state index contributed by atoms with van der Waals surface area (Å²) in [6.07, 6.45) is -0.127. The van der Waals surface area contributed by atoms with Crippen molar-refractivity contribution in [2.45, 2.75) is 18.2 Å². The van der Waals surface area contributed by atoms with Gasteiger partial charge in [0.05, 0.1) is 6.61 Å². The number of carbonyl (C=O) groups excluding carboxylic acids is 1. The maximum atomic E-state index is 13.8. The summed E-state index contributed by atoms with van der Waals surface area (Å²) < 4.78 is 58.0. The molecule has 1 saturated heterocycles. The molecule has 0 N–H and O–H groups in total. The van der Waals surface area contributed by atoms with E-state index in [4.69, 9.17) is 4.74 Å². The molecule has 1 amide bonds. The van der Waals surface area contributed by atoms with Crippen molar-refractivity contribution >= 4 is 16.1 Å². The summed E-state index contributed by atoms with van der Waals surface area (Å²) >= 11 is 0. The number of carbonyl (C=O) groups is 1. The van der Waals surface area contributed by atoms with Crippen molar-refractivity contribution in [3.05, 3.63) is 29.8 Å². The number of hydrogen-bond donors (Lipinski definition) is 0. The largest absolute Gasteiger partial charge is 0.450 e. The molecule has 9 heteroatoms. The minimum Gasteiger partial charge on any atom is -0.450 e. The first kappa shape index (κ1) is 17.6. The molecule has 0 saturated carbocycles. The number of rotatable bonds is 3. The van der Waals surface area contributed by atoms with Gasteiger partial charge in [-0.15, -0.1) is 0 Å². The fourth-order valence-electron chi connectivity index (χ4n) is 2.35. The number of hydrogen-bond acceptors (Lipinski definition) is 4. The van der Waals surface area contributed by atoms with Gasteiger partial charge in [0.25, 0.3) is 0 Å². The van der Waals surface area contributed by atoms with Crippen LogP contribution in [0, 0.1) is 11.6 Å². The molecule has 1 aromatic carbocycles. The quantitative estimate of drug-likeness (QED) is 0.836. The van der Waals surface area contributed by atoms with E-state index < -0.39 is 32.6 Å². The van der Waals surface area contributed by atoms with Crippen LogP contribution in [-0.4, -0.2) is 56.5 Å². The van der Waals surface area contributed by atoms with Gasteiger partial charge in [-0.25, -0.2) is 22.0 Å². The lowest BCUT2D eigenvalue weighted by Gasteiger charge is -2.21. The zero-order valence-corrected chi connectivity index (χ0v) is 13.5. The second-order valence-corrected chi connectivity index (χ2v) is 6.92. The molecular formula is C14H18F2N2O4S. The minimum atomic E-state index is -4.16. The van der Waals surface area contributed by atoms with Crippen LogP contribution in [-0.2, 0) is 14.8 Å². The van der Waals surface area contributed by atoms with Gasteiger partial charge in [0.15, 0.2) is 0 Å². The van der Waals surface area contributed by atoms with E-state index in [0.29, 0.717) is 19.0 Å². The van der Waals surface area contributed by atoms with Gasteiger partial charge in [-0.1, -0.05) is 0 Å². The highest BCUT2D eigenvalue weighted by Gasteiger charge is 2.30. The molecule has 1 fully saturated rings. The van der Waals surface area contributed by atoms with Gasteiger partial charge in [0.2, 0.25) is 10.0 Å². The lowest BCUT2D eigenvalue weighted by atomic mass is 10.3. The number of amides is 1. The van der Waals surface area contributed by atoms with Gasteiger partial charge in [0, 0.05) is 26.2 Å². The fourth-order valence-corrected chi connectivity index (χ4v) is 3.89. The predicted octanol–water partition coefficient (Wildman–Crippen LogP) is 1.82. The van der Waals surface area contributed by atoms with Crippen LogP contribution in [0.15, 0.2) is 23.1 Å². The molecule has 0 spiro atoms. The third kappa shape index (κ3) is 3.97. The molecule has 1 aliphatic heterocycles. The van der Waals surface area contributed by atoms with Crippen LogP contribution in [0.25, 0.3) is 0 Å². The third-order valence-electron chi connectivity index (χ3n) is 3.49. The average molecular weight is 348 g/mol. The Morgan fingerprint density at radius 2 is 1.96 bits per heavy atom. The zero-order chi connectivity index (χ0) is 17.0. The molecular weight excluding hydrogens is 330 g/mol. The lowest BCUT2D eigenvalue weighted by Crippen LogP contribution is -2.37. The molecule has 0 aliphatic carbocycles. The molecule has 0 unspecified atom stereocenters. The standard InChI is InChI=1S/C14H18F2N2O4S/c1-2-22-14(19)17-6-3-7-18(9-8-17)23(20,21)13-10-11(15)4-5-12(13)16/h4-5,10H,2-3,6-9H2,1H3. The molecule has 0 radical (unpaired) electrons. The molecule has 6 nitrogen and oxygen atoms in total. The smallest absolute Gasteiger partial charge is 0.409 e. The maximum Gasteiger partial charge on any atom is 0.409 e. The van der Waals surface area contributed by atoms with E-state index in [1.807, 2.05) is 0 Å². The minimum absolute atomic E-state index is 0.00288. The Morgan fingerprint density at radius 3 is 2.65 bits per heavy atom. The average Bonchev–Trinajstić information content (AvgIpc) is 2.76. The van der Waals surface area contributed by atoms with Gasteiger partial charge in [-0.05, 0) is 31.5 Å². The van der Waals surface area contributed by atoms with Gasteiger partial charge in [-0.2, -0.15) is 4.31 Å². The molecule has 0 atom stereocenters. The Morgan fingerprint density at radius 1 is 1.22 bits per heavy atom. The summed E-state index contributed by atoms with van der Waals surface area (Å²) in [6.45, 7) is 2.50. The Kier molecular flexibility index (Phi) is 5.53. The summed E-state index contributed by atoms with van der Waals surface area (Å²) in [5.74, 6) is -1.83. The van der Waals surface area contributed by atoms with Crippen LogP contribution < -0.4 is 0 Å². The summed E-state index contributed by atoms with van der Waals surface area (Å²) in [5, 5.41) is 0. The van der Waals surface area contributed by atoms with Crippen molar-refractivity contribution in [3.8, 4) is 0 Å². The van der Waals surface area contributed by atoms with Crippen LogP contribution in [0.3, 0.4) is 0 Å². The molecule has 0 bridgehead atoms. The second kappa shape index (κ2) is 7.22. The summed E-state index contributed by atoms with van der Waals surface area (Å²) in [5.41, 5.74) is 0. The van der Waals surface area contributed by atoms with Crippen molar-refractivity contribution in [2.75, 3.05) is 32.8 Å². The van der Waals surface area contributed by atoms with E-state index >= 15 is 0 Å². The first-order chi connectivity index (χ1) is 10.9. The van der Waals surface area contributed by atoms with Crippen molar-refractivity contribution in [3.63, 3.8) is 0 Å². The van der Waals surface area contributed by atoms with Gasteiger partial charge in [0.1, 0.15) is 16.5 Å². The third-order valence-corrected chi connectivity index (χ3v) is 5.41. The van der Waals surface area contributed by atoms with Gasteiger partial charge in [-0.3, -0.25) is 0 Å². The van der Waals surface area contributed by atoms with Crippen LogP contribution in [0.1, 0.15) is 13.3 Å². The van der Waals surface area contributed by atoms with Gasteiger partial charge >= 0.3 is 6.09 Å². The zero-order valence-electron chi connectivity index (χ0n) is 12.7. The molecule has 23 heavy (non-hydrogen) atoms. The fraction of sp³-hybridized carbons (Fsp3) is 0.500. The molecule has 1 heterocycles.